The Morgan fingerprint density at radius 1 is 1.30 bits per heavy atom. The number of nitrogens with one attached hydrogen (secondary N) is 1. The molecule has 0 aromatic heterocycles. The van der Waals surface area contributed by atoms with Crippen molar-refractivity contribution < 1.29 is 0 Å². The first kappa shape index (κ1) is 15.8. The number of hydrogen-bond acceptors (Lipinski definition) is 3. The van der Waals surface area contributed by atoms with Crippen molar-refractivity contribution in [3.63, 3.8) is 0 Å². The molecule has 2 unspecified atom stereocenters. The molecule has 1 saturated heterocycles. The molecule has 0 bridgehead atoms. The zero-order valence-corrected chi connectivity index (χ0v) is 13.3. The molecule has 2 aliphatic rings. The lowest BCUT2D eigenvalue weighted by Crippen LogP contribution is -2.48. The fourth-order valence-electron chi connectivity index (χ4n) is 3.97. The minimum Gasteiger partial charge on any atom is -0.313 e. The van der Waals surface area contributed by atoms with Crippen LogP contribution in [0.4, 0.5) is 0 Å². The van der Waals surface area contributed by atoms with E-state index in [-0.39, 0.29) is 0 Å². The van der Waals surface area contributed by atoms with Crippen LogP contribution in [0.15, 0.2) is 0 Å². The molecule has 0 spiro atoms. The zero-order valence-electron chi connectivity index (χ0n) is 13.3. The topological polar surface area (TPSA) is 39.1 Å². The van der Waals surface area contributed by atoms with Gasteiger partial charge in [-0.05, 0) is 58.0 Å². The van der Waals surface area contributed by atoms with Crippen LogP contribution in [0.3, 0.4) is 0 Å². The SMILES string of the molecule is CC1CC(NCC2(CCC#N)CCCCC2)CCN1C. The Kier molecular flexibility index (Phi) is 5.86. The van der Waals surface area contributed by atoms with Gasteiger partial charge in [0.05, 0.1) is 6.07 Å². The predicted molar refractivity (Wildman–Crippen MR) is 83.5 cm³/mol. The molecular formula is C17H31N3. The van der Waals surface area contributed by atoms with E-state index in [0.29, 0.717) is 17.5 Å². The second-order valence-corrected chi connectivity index (χ2v) is 7.15. The third-order valence-corrected chi connectivity index (χ3v) is 5.66. The van der Waals surface area contributed by atoms with Crippen LogP contribution >= 0.6 is 0 Å². The molecular weight excluding hydrogens is 246 g/mol. The van der Waals surface area contributed by atoms with Gasteiger partial charge in [0.15, 0.2) is 0 Å². The molecule has 114 valence electrons. The highest BCUT2D eigenvalue weighted by atomic mass is 15.1. The maximum absolute atomic E-state index is 8.92. The molecule has 1 aliphatic carbocycles. The van der Waals surface area contributed by atoms with Crippen LogP contribution in [0.2, 0.25) is 0 Å². The van der Waals surface area contributed by atoms with Gasteiger partial charge in [0.25, 0.3) is 0 Å². The molecule has 2 atom stereocenters. The molecule has 0 aromatic carbocycles. The number of likely N-dealkylation sites (tertiary alicyclic amines) is 1. The monoisotopic (exact) mass is 277 g/mol. The lowest BCUT2D eigenvalue weighted by atomic mass is 9.71. The predicted octanol–water partition coefficient (Wildman–Crippen LogP) is 3.31. The van der Waals surface area contributed by atoms with Crippen LogP contribution < -0.4 is 5.32 Å². The Bertz CT molecular complexity index is 328. The number of piperidine rings is 1. The third-order valence-electron chi connectivity index (χ3n) is 5.66. The van der Waals surface area contributed by atoms with Crippen molar-refractivity contribution in [2.75, 3.05) is 20.1 Å². The highest BCUT2D eigenvalue weighted by Gasteiger charge is 2.32. The lowest BCUT2D eigenvalue weighted by molar-refractivity contribution is 0.131. The molecule has 2 rings (SSSR count). The number of rotatable bonds is 5. The summed E-state index contributed by atoms with van der Waals surface area (Å²) in [6, 6.07) is 3.74. The smallest absolute Gasteiger partial charge is 0.0621 e. The van der Waals surface area contributed by atoms with E-state index in [9.17, 15) is 0 Å². The quantitative estimate of drug-likeness (QED) is 0.838. The van der Waals surface area contributed by atoms with E-state index in [1.165, 1.54) is 51.5 Å². The summed E-state index contributed by atoms with van der Waals surface area (Å²) in [5.41, 5.74) is 0.417. The summed E-state index contributed by atoms with van der Waals surface area (Å²) in [6.07, 6.45) is 11.1. The first-order chi connectivity index (χ1) is 9.65. The standard InChI is InChI=1S/C17H31N3/c1-15-13-16(7-12-20(15)2)19-14-17(10-6-11-18)8-4-3-5-9-17/h15-16,19H,3-10,12-14H2,1-2H3. The molecule has 3 nitrogen and oxygen atoms in total. The van der Waals surface area contributed by atoms with Gasteiger partial charge in [0.2, 0.25) is 0 Å². The normalized spacial score (nSPS) is 30.9. The fourth-order valence-corrected chi connectivity index (χ4v) is 3.97. The Hall–Kier alpha value is -0.590. The summed E-state index contributed by atoms with van der Waals surface area (Å²) in [7, 11) is 2.23. The molecule has 1 aliphatic heterocycles. The molecule has 0 aromatic rings. The van der Waals surface area contributed by atoms with Crippen molar-refractivity contribution in [2.24, 2.45) is 5.41 Å². The first-order valence-corrected chi connectivity index (χ1v) is 8.46. The van der Waals surface area contributed by atoms with Crippen molar-refractivity contribution >= 4 is 0 Å². The van der Waals surface area contributed by atoms with E-state index in [2.05, 4.69) is 30.3 Å². The average molecular weight is 277 g/mol. The molecule has 3 heteroatoms. The first-order valence-electron chi connectivity index (χ1n) is 8.46. The van der Waals surface area contributed by atoms with Crippen molar-refractivity contribution in [3.05, 3.63) is 0 Å². The fraction of sp³-hybridized carbons (Fsp3) is 0.941. The summed E-state index contributed by atoms with van der Waals surface area (Å²) in [5, 5.41) is 12.8. The second kappa shape index (κ2) is 7.43. The molecule has 1 saturated carbocycles. The molecule has 20 heavy (non-hydrogen) atoms. The van der Waals surface area contributed by atoms with Crippen molar-refractivity contribution in [1.29, 1.82) is 5.26 Å². The van der Waals surface area contributed by atoms with Gasteiger partial charge in [-0.2, -0.15) is 5.26 Å². The van der Waals surface area contributed by atoms with E-state index < -0.39 is 0 Å². The lowest BCUT2D eigenvalue weighted by Gasteiger charge is -2.41. The van der Waals surface area contributed by atoms with E-state index >= 15 is 0 Å². The Morgan fingerprint density at radius 3 is 2.70 bits per heavy atom. The molecule has 0 amide bonds. The maximum atomic E-state index is 8.92. The van der Waals surface area contributed by atoms with Crippen molar-refractivity contribution in [2.45, 2.75) is 76.8 Å². The van der Waals surface area contributed by atoms with Crippen LogP contribution in [-0.2, 0) is 0 Å². The Balaban J connectivity index is 1.84. The van der Waals surface area contributed by atoms with Gasteiger partial charge >= 0.3 is 0 Å². The number of nitrogens with zero attached hydrogens (tertiary/aromatic N) is 2. The largest absolute Gasteiger partial charge is 0.313 e. The van der Waals surface area contributed by atoms with Gasteiger partial charge in [-0.1, -0.05) is 19.3 Å². The van der Waals surface area contributed by atoms with Gasteiger partial charge in [-0.15, -0.1) is 0 Å². The molecule has 2 fully saturated rings. The highest BCUT2D eigenvalue weighted by Crippen LogP contribution is 2.39. The highest BCUT2D eigenvalue weighted by molar-refractivity contribution is 4.90. The summed E-state index contributed by atoms with van der Waals surface area (Å²) >= 11 is 0. The summed E-state index contributed by atoms with van der Waals surface area (Å²) in [6.45, 7) is 4.68. The van der Waals surface area contributed by atoms with E-state index in [1.807, 2.05) is 0 Å². The summed E-state index contributed by atoms with van der Waals surface area (Å²) in [4.78, 5) is 2.46. The van der Waals surface area contributed by atoms with E-state index in [1.54, 1.807) is 0 Å². The van der Waals surface area contributed by atoms with Crippen molar-refractivity contribution in [1.82, 2.24) is 10.2 Å². The summed E-state index contributed by atoms with van der Waals surface area (Å²) in [5.74, 6) is 0. The van der Waals surface area contributed by atoms with Crippen LogP contribution in [0.1, 0.15) is 64.7 Å². The minimum atomic E-state index is 0.417. The van der Waals surface area contributed by atoms with Crippen LogP contribution in [0.25, 0.3) is 0 Å². The van der Waals surface area contributed by atoms with Crippen LogP contribution in [0.5, 0.6) is 0 Å². The van der Waals surface area contributed by atoms with Gasteiger partial charge in [-0.3, -0.25) is 0 Å². The zero-order chi connectivity index (χ0) is 14.4. The Morgan fingerprint density at radius 2 is 2.05 bits per heavy atom. The number of hydrogen-bond donors (Lipinski definition) is 1. The molecule has 1 heterocycles. The summed E-state index contributed by atoms with van der Waals surface area (Å²) < 4.78 is 0. The average Bonchev–Trinajstić information content (AvgIpc) is 2.48. The third kappa shape index (κ3) is 4.20. The van der Waals surface area contributed by atoms with E-state index in [4.69, 9.17) is 5.26 Å². The van der Waals surface area contributed by atoms with Gasteiger partial charge < -0.3 is 10.2 Å². The Labute approximate surface area is 124 Å². The maximum Gasteiger partial charge on any atom is 0.0621 e. The molecule has 1 N–H and O–H groups in total. The minimum absolute atomic E-state index is 0.417. The van der Waals surface area contributed by atoms with Crippen LogP contribution in [-0.4, -0.2) is 37.1 Å². The van der Waals surface area contributed by atoms with Gasteiger partial charge in [-0.25, -0.2) is 0 Å². The van der Waals surface area contributed by atoms with Gasteiger partial charge in [0, 0.05) is 25.0 Å². The van der Waals surface area contributed by atoms with Crippen LogP contribution in [0, 0.1) is 16.7 Å². The molecule has 0 radical (unpaired) electrons. The second-order valence-electron chi connectivity index (χ2n) is 7.15. The van der Waals surface area contributed by atoms with Gasteiger partial charge in [0.1, 0.15) is 0 Å². The number of nitriles is 1. The van der Waals surface area contributed by atoms with E-state index in [0.717, 1.165) is 19.4 Å². The van der Waals surface area contributed by atoms with Crippen molar-refractivity contribution in [3.8, 4) is 6.07 Å².